The molecule has 0 aromatic carbocycles. The first-order valence-electron chi connectivity index (χ1n) is 6.77. The third kappa shape index (κ3) is 6.05. The largest absolute Gasteiger partial charge is 0.481 e. The van der Waals surface area contributed by atoms with E-state index in [1.54, 1.807) is 13.8 Å². The van der Waals surface area contributed by atoms with Gasteiger partial charge in [-0.1, -0.05) is 27.7 Å². The third-order valence-electron chi connectivity index (χ3n) is 3.46. The second kappa shape index (κ2) is 6.89. The summed E-state index contributed by atoms with van der Waals surface area (Å²) in [4.78, 5) is 23.2. The first kappa shape index (κ1) is 17.9. The highest BCUT2D eigenvalue weighted by Crippen LogP contribution is 2.25. The lowest BCUT2D eigenvalue weighted by molar-refractivity contribution is -0.148. The van der Waals surface area contributed by atoms with Crippen LogP contribution in [-0.4, -0.2) is 30.1 Å². The number of carbonyl (C=O) groups is 2. The monoisotopic (exact) mass is 272 g/mol. The SMILES string of the molecule is CCC(C)(CNC(=O)C(CN)CC(C)(C)C)C(=O)O. The minimum Gasteiger partial charge on any atom is -0.481 e. The highest BCUT2D eigenvalue weighted by atomic mass is 16.4. The van der Waals surface area contributed by atoms with Gasteiger partial charge in [0.25, 0.3) is 0 Å². The molecule has 0 bridgehead atoms. The van der Waals surface area contributed by atoms with Crippen LogP contribution in [0, 0.1) is 16.7 Å². The Bertz CT molecular complexity index is 323. The van der Waals surface area contributed by atoms with Gasteiger partial charge in [0, 0.05) is 13.1 Å². The summed E-state index contributed by atoms with van der Waals surface area (Å²) in [5, 5.41) is 11.9. The molecule has 2 atom stereocenters. The van der Waals surface area contributed by atoms with Crippen LogP contribution in [0.25, 0.3) is 0 Å². The highest BCUT2D eigenvalue weighted by molar-refractivity contribution is 5.80. The van der Waals surface area contributed by atoms with Crippen LogP contribution >= 0.6 is 0 Å². The van der Waals surface area contributed by atoms with Gasteiger partial charge in [0.2, 0.25) is 5.91 Å². The lowest BCUT2D eigenvalue weighted by atomic mass is 9.83. The van der Waals surface area contributed by atoms with Gasteiger partial charge in [-0.2, -0.15) is 0 Å². The fraction of sp³-hybridized carbons (Fsp3) is 0.857. The molecule has 112 valence electrons. The van der Waals surface area contributed by atoms with Gasteiger partial charge in [-0.05, 0) is 25.2 Å². The van der Waals surface area contributed by atoms with Crippen LogP contribution < -0.4 is 11.1 Å². The first-order chi connectivity index (χ1) is 8.55. The molecule has 0 saturated carbocycles. The number of hydrogen-bond donors (Lipinski definition) is 3. The van der Waals surface area contributed by atoms with Crippen LogP contribution in [0.1, 0.15) is 47.5 Å². The molecule has 1 amide bonds. The van der Waals surface area contributed by atoms with Gasteiger partial charge in [-0.25, -0.2) is 0 Å². The number of amides is 1. The highest BCUT2D eigenvalue weighted by Gasteiger charge is 2.32. The van der Waals surface area contributed by atoms with Gasteiger partial charge in [0.05, 0.1) is 11.3 Å². The Morgan fingerprint density at radius 2 is 1.79 bits per heavy atom. The number of carbonyl (C=O) groups excluding carboxylic acids is 1. The van der Waals surface area contributed by atoms with Crippen molar-refractivity contribution in [3.8, 4) is 0 Å². The van der Waals surface area contributed by atoms with Gasteiger partial charge in [0.1, 0.15) is 0 Å². The third-order valence-corrected chi connectivity index (χ3v) is 3.46. The molecule has 0 radical (unpaired) electrons. The molecule has 19 heavy (non-hydrogen) atoms. The maximum atomic E-state index is 12.1. The van der Waals surface area contributed by atoms with Gasteiger partial charge < -0.3 is 16.2 Å². The molecular weight excluding hydrogens is 244 g/mol. The van der Waals surface area contributed by atoms with Crippen LogP contribution in [0.5, 0.6) is 0 Å². The van der Waals surface area contributed by atoms with Crippen molar-refractivity contribution >= 4 is 11.9 Å². The van der Waals surface area contributed by atoms with Crippen molar-refractivity contribution in [3.05, 3.63) is 0 Å². The number of aliphatic carboxylic acids is 1. The number of carboxylic acids is 1. The van der Waals surface area contributed by atoms with Gasteiger partial charge in [0.15, 0.2) is 0 Å². The Hall–Kier alpha value is -1.10. The average molecular weight is 272 g/mol. The van der Waals surface area contributed by atoms with E-state index in [0.29, 0.717) is 12.8 Å². The second-order valence-corrected chi connectivity index (χ2v) is 6.63. The van der Waals surface area contributed by atoms with Crippen molar-refractivity contribution in [3.63, 3.8) is 0 Å². The maximum absolute atomic E-state index is 12.1. The van der Waals surface area contributed by atoms with E-state index in [-0.39, 0.29) is 30.3 Å². The minimum atomic E-state index is -0.920. The van der Waals surface area contributed by atoms with E-state index in [1.165, 1.54) is 0 Å². The summed E-state index contributed by atoms with van der Waals surface area (Å²) in [6, 6.07) is 0. The molecule has 0 saturated heterocycles. The number of nitrogens with one attached hydrogen (secondary N) is 1. The topological polar surface area (TPSA) is 92.4 Å². The van der Waals surface area contributed by atoms with Crippen LogP contribution in [-0.2, 0) is 9.59 Å². The van der Waals surface area contributed by atoms with Crippen molar-refractivity contribution in [1.29, 1.82) is 0 Å². The number of rotatable bonds is 7. The first-order valence-corrected chi connectivity index (χ1v) is 6.77. The molecule has 5 nitrogen and oxygen atoms in total. The molecule has 0 rings (SSSR count). The summed E-state index contributed by atoms with van der Waals surface area (Å²) in [6.45, 7) is 10.0. The van der Waals surface area contributed by atoms with Crippen molar-refractivity contribution in [1.82, 2.24) is 5.32 Å². The van der Waals surface area contributed by atoms with E-state index in [2.05, 4.69) is 26.1 Å². The molecule has 4 N–H and O–H groups in total. The van der Waals surface area contributed by atoms with Crippen LogP contribution in [0.15, 0.2) is 0 Å². The summed E-state index contributed by atoms with van der Waals surface area (Å²) in [5.41, 5.74) is 4.73. The summed E-state index contributed by atoms with van der Waals surface area (Å²) < 4.78 is 0. The van der Waals surface area contributed by atoms with Crippen molar-refractivity contribution < 1.29 is 14.7 Å². The smallest absolute Gasteiger partial charge is 0.311 e. The lowest BCUT2D eigenvalue weighted by Crippen LogP contribution is -2.44. The fourth-order valence-electron chi connectivity index (χ4n) is 1.80. The van der Waals surface area contributed by atoms with Gasteiger partial charge in [-0.15, -0.1) is 0 Å². The van der Waals surface area contributed by atoms with E-state index in [4.69, 9.17) is 10.8 Å². The fourth-order valence-corrected chi connectivity index (χ4v) is 1.80. The van der Waals surface area contributed by atoms with E-state index in [1.807, 2.05) is 0 Å². The molecule has 5 heteroatoms. The Morgan fingerprint density at radius 3 is 2.11 bits per heavy atom. The molecule has 2 unspecified atom stereocenters. The Morgan fingerprint density at radius 1 is 1.26 bits per heavy atom. The molecule has 0 aliphatic carbocycles. The van der Waals surface area contributed by atoms with Gasteiger partial charge >= 0.3 is 5.97 Å². The van der Waals surface area contributed by atoms with Crippen LogP contribution in [0.4, 0.5) is 0 Å². The molecule has 0 aliphatic rings. The zero-order valence-corrected chi connectivity index (χ0v) is 12.7. The van der Waals surface area contributed by atoms with E-state index in [9.17, 15) is 9.59 Å². The Balaban J connectivity index is 4.55. The Labute approximate surface area is 115 Å². The number of hydrogen-bond acceptors (Lipinski definition) is 3. The van der Waals surface area contributed by atoms with Crippen molar-refractivity contribution in [2.45, 2.75) is 47.5 Å². The zero-order chi connectivity index (χ0) is 15.3. The summed E-state index contributed by atoms with van der Waals surface area (Å²) in [7, 11) is 0. The summed E-state index contributed by atoms with van der Waals surface area (Å²) in [6.07, 6.45) is 1.15. The molecule has 0 heterocycles. The lowest BCUT2D eigenvalue weighted by Gasteiger charge is -2.27. The molecular formula is C14H28N2O3. The summed E-state index contributed by atoms with van der Waals surface area (Å²) >= 11 is 0. The maximum Gasteiger partial charge on any atom is 0.311 e. The second-order valence-electron chi connectivity index (χ2n) is 6.63. The van der Waals surface area contributed by atoms with E-state index < -0.39 is 11.4 Å². The zero-order valence-electron chi connectivity index (χ0n) is 12.7. The summed E-state index contributed by atoms with van der Waals surface area (Å²) in [5.74, 6) is -1.32. The van der Waals surface area contributed by atoms with Crippen LogP contribution in [0.3, 0.4) is 0 Å². The van der Waals surface area contributed by atoms with Gasteiger partial charge in [-0.3, -0.25) is 9.59 Å². The normalized spacial score (nSPS) is 16.5. The number of nitrogens with two attached hydrogens (primary N) is 1. The standard InChI is InChI=1S/C14H28N2O3/c1-6-14(5,12(18)19)9-16-11(17)10(8-15)7-13(2,3)4/h10H,6-9,15H2,1-5H3,(H,16,17)(H,18,19). The Kier molecular flexibility index (Phi) is 6.49. The minimum absolute atomic E-state index is 0.0161. The van der Waals surface area contributed by atoms with Crippen molar-refractivity contribution in [2.24, 2.45) is 22.5 Å². The van der Waals surface area contributed by atoms with E-state index >= 15 is 0 Å². The molecule has 0 aromatic rings. The molecule has 0 spiro atoms. The molecule has 0 fully saturated rings. The van der Waals surface area contributed by atoms with Crippen molar-refractivity contribution in [2.75, 3.05) is 13.1 Å². The molecule has 0 aliphatic heterocycles. The molecule has 0 aromatic heterocycles. The number of carboxylic acid groups (broad SMARTS) is 1. The van der Waals surface area contributed by atoms with Crippen LogP contribution in [0.2, 0.25) is 0 Å². The predicted octanol–water partition coefficient (Wildman–Crippen LogP) is 1.61. The van der Waals surface area contributed by atoms with E-state index in [0.717, 1.165) is 0 Å². The average Bonchev–Trinajstić information content (AvgIpc) is 2.31. The predicted molar refractivity (Wildman–Crippen MR) is 75.7 cm³/mol. The quantitative estimate of drug-likeness (QED) is 0.656.